The van der Waals surface area contributed by atoms with Crippen molar-refractivity contribution in [1.29, 1.82) is 0 Å². The first-order valence-corrected chi connectivity index (χ1v) is 11.9. The summed E-state index contributed by atoms with van der Waals surface area (Å²) in [5.74, 6) is -1.14. The molecule has 1 aromatic heterocycles. The fourth-order valence-corrected chi connectivity index (χ4v) is 4.17. The standard InChI is InChI=1S/C22H23N3O5S/c1-31(28,29)15-21(26)23-17-7-8-19-16(13-17)14-20(30-19)22(27)25-11-9-24(10-12-25)18-5-3-2-4-6-18/h2-8,13-14H,9-12,15H2,1H3,(H,23,26). The molecular formula is C22H23N3O5S. The Labute approximate surface area is 180 Å². The number of hydrogen-bond acceptors (Lipinski definition) is 6. The van der Waals surface area contributed by atoms with Crippen LogP contribution < -0.4 is 10.2 Å². The van der Waals surface area contributed by atoms with Gasteiger partial charge >= 0.3 is 0 Å². The Kier molecular flexibility index (Phi) is 5.69. The Morgan fingerprint density at radius 2 is 1.71 bits per heavy atom. The smallest absolute Gasteiger partial charge is 0.289 e. The number of anilines is 2. The quantitative estimate of drug-likeness (QED) is 0.653. The van der Waals surface area contributed by atoms with E-state index in [1.807, 2.05) is 18.2 Å². The third kappa shape index (κ3) is 5.05. The molecule has 1 N–H and O–H groups in total. The maximum atomic E-state index is 12.9. The molecule has 4 rings (SSSR count). The van der Waals surface area contributed by atoms with Crippen LogP contribution in [0.5, 0.6) is 0 Å². The van der Waals surface area contributed by atoms with Crippen LogP contribution in [0.4, 0.5) is 11.4 Å². The molecule has 1 aliphatic rings. The Balaban J connectivity index is 1.42. The molecule has 1 saturated heterocycles. The number of nitrogens with one attached hydrogen (secondary N) is 1. The fourth-order valence-electron chi connectivity index (χ4n) is 3.62. The predicted octanol–water partition coefficient (Wildman–Crippen LogP) is 2.38. The number of amides is 2. The Hall–Kier alpha value is -3.33. The zero-order chi connectivity index (χ0) is 22.0. The van der Waals surface area contributed by atoms with Crippen molar-refractivity contribution in [2.45, 2.75) is 0 Å². The Morgan fingerprint density at radius 3 is 2.39 bits per heavy atom. The van der Waals surface area contributed by atoms with Gasteiger partial charge < -0.3 is 19.5 Å². The van der Waals surface area contributed by atoms with Crippen molar-refractivity contribution in [3.63, 3.8) is 0 Å². The minimum absolute atomic E-state index is 0.174. The summed E-state index contributed by atoms with van der Waals surface area (Å²) in [5, 5.41) is 3.21. The number of carbonyl (C=O) groups is 2. The van der Waals surface area contributed by atoms with E-state index in [1.165, 1.54) is 0 Å². The number of nitrogens with zero attached hydrogens (tertiary/aromatic N) is 2. The minimum Gasteiger partial charge on any atom is -0.451 e. The predicted molar refractivity (Wildman–Crippen MR) is 119 cm³/mol. The highest BCUT2D eigenvalue weighted by atomic mass is 32.2. The van der Waals surface area contributed by atoms with Crippen LogP contribution in [0.15, 0.2) is 59.0 Å². The molecule has 2 heterocycles. The Morgan fingerprint density at radius 1 is 1.00 bits per heavy atom. The van der Waals surface area contributed by atoms with Crippen molar-refractivity contribution in [1.82, 2.24) is 4.90 Å². The van der Waals surface area contributed by atoms with Gasteiger partial charge in [0.2, 0.25) is 5.91 Å². The molecule has 0 aliphatic carbocycles. The van der Waals surface area contributed by atoms with E-state index in [0.717, 1.165) is 25.0 Å². The topological polar surface area (TPSA) is 99.9 Å². The summed E-state index contributed by atoms with van der Waals surface area (Å²) in [7, 11) is -3.41. The maximum Gasteiger partial charge on any atom is 0.289 e. The normalized spacial score (nSPS) is 14.6. The van der Waals surface area contributed by atoms with E-state index < -0.39 is 21.5 Å². The van der Waals surface area contributed by atoms with Crippen LogP contribution in [0.1, 0.15) is 10.6 Å². The molecule has 1 fully saturated rings. The first kappa shape index (κ1) is 20.9. The largest absolute Gasteiger partial charge is 0.451 e. The molecule has 1 aliphatic heterocycles. The highest BCUT2D eigenvalue weighted by Gasteiger charge is 2.25. The molecule has 162 valence electrons. The number of para-hydroxylation sites is 1. The summed E-state index contributed by atoms with van der Waals surface area (Å²) in [6, 6.07) is 16.7. The van der Waals surface area contributed by atoms with E-state index >= 15 is 0 Å². The first-order valence-electron chi connectivity index (χ1n) is 9.89. The lowest BCUT2D eigenvalue weighted by molar-refractivity contribution is -0.113. The molecule has 3 aromatic rings. The van der Waals surface area contributed by atoms with Crippen molar-refractivity contribution >= 4 is 44.0 Å². The molecule has 2 aromatic carbocycles. The molecule has 0 spiro atoms. The summed E-state index contributed by atoms with van der Waals surface area (Å²) in [6.07, 6.45) is 1.00. The van der Waals surface area contributed by atoms with Crippen LogP contribution in [0.3, 0.4) is 0 Å². The van der Waals surface area contributed by atoms with Crippen LogP contribution in [0.25, 0.3) is 11.0 Å². The second kappa shape index (κ2) is 8.43. The molecule has 0 saturated carbocycles. The lowest BCUT2D eigenvalue weighted by Gasteiger charge is -2.35. The van der Waals surface area contributed by atoms with Gasteiger partial charge in [-0.15, -0.1) is 0 Å². The maximum absolute atomic E-state index is 12.9. The number of hydrogen-bond donors (Lipinski definition) is 1. The minimum atomic E-state index is -3.41. The van der Waals surface area contributed by atoms with Crippen molar-refractivity contribution in [2.24, 2.45) is 0 Å². The molecule has 0 unspecified atom stereocenters. The molecular weight excluding hydrogens is 418 g/mol. The summed E-state index contributed by atoms with van der Waals surface area (Å²) >= 11 is 0. The summed E-state index contributed by atoms with van der Waals surface area (Å²) in [4.78, 5) is 28.8. The average molecular weight is 442 g/mol. The van der Waals surface area contributed by atoms with Gasteiger partial charge in [-0.05, 0) is 36.4 Å². The molecule has 9 heteroatoms. The van der Waals surface area contributed by atoms with Crippen LogP contribution in [0, 0.1) is 0 Å². The van der Waals surface area contributed by atoms with E-state index in [-0.39, 0.29) is 11.7 Å². The summed E-state index contributed by atoms with van der Waals surface area (Å²) < 4.78 is 28.2. The zero-order valence-corrected chi connectivity index (χ0v) is 17.9. The van der Waals surface area contributed by atoms with Gasteiger partial charge in [0.1, 0.15) is 11.3 Å². The molecule has 0 bridgehead atoms. The van der Waals surface area contributed by atoms with Gasteiger partial charge in [0.05, 0.1) is 0 Å². The van der Waals surface area contributed by atoms with E-state index in [9.17, 15) is 18.0 Å². The lowest BCUT2D eigenvalue weighted by Crippen LogP contribution is -2.48. The monoisotopic (exact) mass is 441 g/mol. The van der Waals surface area contributed by atoms with Crippen molar-refractivity contribution in [3.05, 3.63) is 60.4 Å². The molecule has 8 nitrogen and oxygen atoms in total. The van der Waals surface area contributed by atoms with Gasteiger partial charge in [-0.3, -0.25) is 9.59 Å². The van der Waals surface area contributed by atoms with Gasteiger partial charge in [0.25, 0.3) is 5.91 Å². The molecule has 31 heavy (non-hydrogen) atoms. The second-order valence-electron chi connectivity index (χ2n) is 7.60. The fraction of sp³-hybridized carbons (Fsp3) is 0.273. The second-order valence-corrected chi connectivity index (χ2v) is 9.74. The number of benzene rings is 2. The van der Waals surface area contributed by atoms with Gasteiger partial charge in [0.15, 0.2) is 15.6 Å². The van der Waals surface area contributed by atoms with Crippen LogP contribution in [-0.2, 0) is 14.6 Å². The average Bonchev–Trinajstić information content (AvgIpc) is 3.16. The molecule has 0 atom stereocenters. The van der Waals surface area contributed by atoms with Crippen molar-refractivity contribution in [3.8, 4) is 0 Å². The van der Waals surface area contributed by atoms with Gasteiger partial charge in [-0.1, -0.05) is 18.2 Å². The van der Waals surface area contributed by atoms with Gasteiger partial charge in [-0.2, -0.15) is 0 Å². The number of fused-ring (bicyclic) bond motifs is 1. The van der Waals surface area contributed by atoms with E-state index in [4.69, 9.17) is 4.42 Å². The third-order valence-electron chi connectivity index (χ3n) is 5.09. The number of sulfone groups is 1. The highest BCUT2D eigenvalue weighted by molar-refractivity contribution is 7.91. The highest BCUT2D eigenvalue weighted by Crippen LogP contribution is 2.25. The molecule has 2 amide bonds. The van der Waals surface area contributed by atoms with Gasteiger partial charge in [0, 0.05) is 49.2 Å². The number of rotatable bonds is 5. The Bertz CT molecular complexity index is 1210. The molecule has 0 radical (unpaired) electrons. The van der Waals surface area contributed by atoms with Crippen LogP contribution in [0.2, 0.25) is 0 Å². The zero-order valence-electron chi connectivity index (χ0n) is 17.1. The summed E-state index contributed by atoms with van der Waals surface area (Å²) in [6.45, 7) is 2.67. The number of carbonyl (C=O) groups excluding carboxylic acids is 2. The van der Waals surface area contributed by atoms with Crippen molar-refractivity contribution in [2.75, 3.05) is 48.4 Å². The van der Waals surface area contributed by atoms with Crippen molar-refractivity contribution < 1.29 is 22.4 Å². The lowest BCUT2D eigenvalue weighted by atomic mass is 10.2. The van der Waals surface area contributed by atoms with E-state index in [0.29, 0.717) is 29.7 Å². The van der Waals surface area contributed by atoms with Crippen LogP contribution in [-0.4, -0.2) is 63.3 Å². The van der Waals surface area contributed by atoms with Crippen LogP contribution >= 0.6 is 0 Å². The first-order chi connectivity index (χ1) is 14.8. The van der Waals surface area contributed by atoms with E-state index in [2.05, 4.69) is 22.3 Å². The van der Waals surface area contributed by atoms with Gasteiger partial charge in [-0.25, -0.2) is 8.42 Å². The third-order valence-corrected chi connectivity index (χ3v) is 5.88. The SMILES string of the molecule is CS(=O)(=O)CC(=O)Nc1ccc2oc(C(=O)N3CCN(c4ccccc4)CC3)cc2c1. The number of piperazine rings is 1. The van der Waals surface area contributed by atoms with E-state index in [1.54, 1.807) is 29.2 Å². The number of furan rings is 1. The summed E-state index contributed by atoms with van der Waals surface area (Å²) in [5.41, 5.74) is 2.11.